The Bertz CT molecular complexity index is 763. The molecule has 1 aromatic carbocycles. The van der Waals surface area contributed by atoms with Crippen LogP contribution >= 0.6 is 0 Å². The number of benzene rings is 1. The minimum Gasteiger partial charge on any atom is -0.352 e. The second kappa shape index (κ2) is 6.46. The lowest BCUT2D eigenvalue weighted by Gasteiger charge is -2.28. The van der Waals surface area contributed by atoms with Crippen LogP contribution in [-0.4, -0.2) is 23.4 Å². The molecule has 1 aromatic heterocycles. The average molecular weight is 332 g/mol. The van der Waals surface area contributed by atoms with Gasteiger partial charge < -0.3 is 5.32 Å². The van der Waals surface area contributed by atoms with Gasteiger partial charge in [-0.05, 0) is 50.3 Å². The van der Waals surface area contributed by atoms with E-state index in [2.05, 4.69) is 10.3 Å². The van der Waals surface area contributed by atoms with Gasteiger partial charge in [-0.2, -0.15) is 0 Å². The summed E-state index contributed by atoms with van der Waals surface area (Å²) in [6.07, 6.45) is 0.763. The second-order valence-corrected chi connectivity index (χ2v) is 6.79. The van der Waals surface area contributed by atoms with Crippen molar-refractivity contribution in [2.45, 2.75) is 45.5 Å². The molecule has 2 aromatic rings. The summed E-state index contributed by atoms with van der Waals surface area (Å²) in [4.78, 5) is 17.1. The number of aryl methyl sites for hydroxylation is 2. The molecule has 5 heteroatoms. The number of nitrogens with one attached hydrogen (secondary N) is 1. The molecule has 1 fully saturated rings. The van der Waals surface area contributed by atoms with Crippen LogP contribution in [0.2, 0.25) is 0 Å². The zero-order valence-corrected chi connectivity index (χ0v) is 14.0. The molecule has 0 aliphatic heterocycles. The molecule has 1 heterocycles. The Labute approximate surface area is 140 Å². The van der Waals surface area contributed by atoms with Crippen LogP contribution < -0.4 is 5.32 Å². The number of hydrogen-bond donors (Lipinski definition) is 1. The average Bonchev–Trinajstić information content (AvgIpc) is 2.53. The third kappa shape index (κ3) is 3.55. The molecule has 24 heavy (non-hydrogen) atoms. The lowest BCUT2D eigenvalue weighted by atomic mass is 9.86. The topological polar surface area (TPSA) is 42.0 Å². The van der Waals surface area contributed by atoms with E-state index in [0.29, 0.717) is 24.9 Å². The lowest BCUT2D eigenvalue weighted by molar-refractivity contribution is -0.0452. The largest absolute Gasteiger partial charge is 0.352 e. The van der Waals surface area contributed by atoms with Crippen LogP contribution in [-0.2, 0) is 0 Å². The summed E-state index contributed by atoms with van der Waals surface area (Å²) in [5, 5.41) is 3.76. The van der Waals surface area contributed by atoms with Gasteiger partial charge in [-0.3, -0.25) is 9.78 Å². The van der Waals surface area contributed by atoms with Crippen LogP contribution in [0.1, 0.15) is 47.3 Å². The van der Waals surface area contributed by atoms with E-state index in [9.17, 15) is 13.6 Å². The molecule has 0 atom stereocenters. The molecule has 1 saturated carbocycles. The molecule has 0 unspecified atom stereocenters. The molecule has 1 amide bonds. The minimum atomic E-state index is -2.53. The maximum atomic E-state index is 13.2. The molecule has 0 saturated heterocycles. The van der Waals surface area contributed by atoms with Crippen LogP contribution in [0.5, 0.6) is 0 Å². The number of fused-ring (bicyclic) bond motifs is 1. The number of alkyl halides is 2. The Morgan fingerprint density at radius 1 is 1.21 bits per heavy atom. The van der Waals surface area contributed by atoms with Crippen LogP contribution in [0.25, 0.3) is 10.9 Å². The van der Waals surface area contributed by atoms with Crippen LogP contribution in [0, 0.1) is 19.8 Å². The summed E-state index contributed by atoms with van der Waals surface area (Å²) >= 11 is 0. The van der Waals surface area contributed by atoms with Gasteiger partial charge in [0, 0.05) is 30.5 Å². The highest BCUT2D eigenvalue weighted by Gasteiger charge is 2.34. The number of carbonyl (C=O) groups is 1. The Balaban J connectivity index is 1.73. The van der Waals surface area contributed by atoms with Crippen molar-refractivity contribution in [3.63, 3.8) is 0 Å². The molecule has 0 spiro atoms. The predicted octanol–water partition coefficient (Wildman–Crippen LogP) is 4.41. The van der Waals surface area contributed by atoms with E-state index in [-0.39, 0.29) is 24.7 Å². The fourth-order valence-electron chi connectivity index (χ4n) is 3.35. The zero-order valence-electron chi connectivity index (χ0n) is 14.0. The molecule has 3 rings (SSSR count). The summed E-state index contributed by atoms with van der Waals surface area (Å²) in [6, 6.07) is 7.62. The first-order valence-electron chi connectivity index (χ1n) is 8.39. The third-order valence-corrected chi connectivity index (χ3v) is 4.83. The SMILES string of the molecule is Cc1ccc2c(C(=O)NCC3CCC(F)(F)CC3)c(C)ccc2n1. The Hall–Kier alpha value is -2.04. The quantitative estimate of drug-likeness (QED) is 0.905. The van der Waals surface area contributed by atoms with Crippen molar-refractivity contribution in [3.05, 3.63) is 41.1 Å². The highest BCUT2D eigenvalue weighted by Crippen LogP contribution is 2.35. The van der Waals surface area contributed by atoms with E-state index in [1.165, 1.54) is 0 Å². The number of carbonyl (C=O) groups excluding carboxylic acids is 1. The van der Waals surface area contributed by atoms with E-state index in [0.717, 1.165) is 22.2 Å². The number of nitrogens with zero attached hydrogens (tertiary/aromatic N) is 1. The van der Waals surface area contributed by atoms with Gasteiger partial charge >= 0.3 is 0 Å². The summed E-state index contributed by atoms with van der Waals surface area (Å²) in [5.74, 6) is -2.55. The molecular weight excluding hydrogens is 310 g/mol. The molecule has 0 bridgehead atoms. The van der Waals surface area contributed by atoms with E-state index < -0.39 is 5.92 Å². The fourth-order valence-corrected chi connectivity index (χ4v) is 3.35. The van der Waals surface area contributed by atoms with Gasteiger partial charge in [0.1, 0.15) is 0 Å². The second-order valence-electron chi connectivity index (χ2n) is 6.79. The summed E-state index contributed by atoms with van der Waals surface area (Å²) < 4.78 is 26.4. The smallest absolute Gasteiger partial charge is 0.252 e. The van der Waals surface area contributed by atoms with E-state index in [1.54, 1.807) is 0 Å². The first kappa shape index (κ1) is 16.8. The molecular formula is C19H22F2N2O. The van der Waals surface area contributed by atoms with Crippen molar-refractivity contribution in [2.75, 3.05) is 6.54 Å². The normalized spacial score (nSPS) is 17.8. The van der Waals surface area contributed by atoms with Crippen molar-refractivity contribution >= 4 is 16.8 Å². The van der Waals surface area contributed by atoms with Gasteiger partial charge in [-0.15, -0.1) is 0 Å². The van der Waals surface area contributed by atoms with Crippen LogP contribution in [0.3, 0.4) is 0 Å². The van der Waals surface area contributed by atoms with Crippen molar-refractivity contribution < 1.29 is 13.6 Å². The maximum Gasteiger partial charge on any atom is 0.252 e. The number of pyridine rings is 1. The summed E-state index contributed by atoms with van der Waals surface area (Å²) in [5.41, 5.74) is 3.21. The monoisotopic (exact) mass is 332 g/mol. The molecule has 128 valence electrons. The predicted molar refractivity (Wildman–Crippen MR) is 90.5 cm³/mol. The van der Waals surface area contributed by atoms with E-state index in [1.807, 2.05) is 38.1 Å². The number of halogens is 2. The molecule has 1 aliphatic carbocycles. The van der Waals surface area contributed by atoms with Crippen molar-refractivity contribution in [3.8, 4) is 0 Å². The third-order valence-electron chi connectivity index (χ3n) is 4.83. The molecule has 0 radical (unpaired) electrons. The van der Waals surface area contributed by atoms with Gasteiger partial charge in [-0.25, -0.2) is 8.78 Å². The Morgan fingerprint density at radius 3 is 2.62 bits per heavy atom. The van der Waals surface area contributed by atoms with E-state index >= 15 is 0 Å². The first-order valence-corrected chi connectivity index (χ1v) is 8.39. The standard InChI is InChI=1S/C19H22F2N2O/c1-12-3-6-16-15(5-4-13(2)23-16)17(12)18(24)22-11-14-7-9-19(20,21)10-8-14/h3-6,14H,7-11H2,1-2H3,(H,22,24). The van der Waals surface area contributed by atoms with E-state index in [4.69, 9.17) is 0 Å². The molecule has 1 aliphatic rings. The van der Waals surface area contributed by atoms with Gasteiger partial charge in [0.15, 0.2) is 0 Å². The van der Waals surface area contributed by atoms with Crippen LogP contribution in [0.4, 0.5) is 8.78 Å². The Morgan fingerprint density at radius 2 is 1.92 bits per heavy atom. The number of hydrogen-bond acceptors (Lipinski definition) is 2. The van der Waals surface area contributed by atoms with Gasteiger partial charge in [0.2, 0.25) is 5.92 Å². The number of rotatable bonds is 3. The summed E-state index contributed by atoms with van der Waals surface area (Å²) in [6.45, 7) is 4.26. The van der Waals surface area contributed by atoms with Gasteiger partial charge in [0.25, 0.3) is 5.91 Å². The highest BCUT2D eigenvalue weighted by molar-refractivity contribution is 6.07. The molecule has 1 N–H and O–H groups in total. The number of amides is 1. The summed E-state index contributed by atoms with van der Waals surface area (Å²) in [7, 11) is 0. The first-order chi connectivity index (χ1) is 11.4. The Kier molecular flexibility index (Phi) is 4.52. The van der Waals surface area contributed by atoms with Crippen molar-refractivity contribution in [1.82, 2.24) is 10.3 Å². The molecule has 3 nitrogen and oxygen atoms in total. The van der Waals surface area contributed by atoms with Gasteiger partial charge in [0.05, 0.1) is 11.1 Å². The van der Waals surface area contributed by atoms with Gasteiger partial charge in [-0.1, -0.05) is 12.1 Å². The highest BCUT2D eigenvalue weighted by atomic mass is 19.3. The van der Waals surface area contributed by atoms with Crippen LogP contribution in [0.15, 0.2) is 24.3 Å². The maximum absolute atomic E-state index is 13.2. The van der Waals surface area contributed by atoms with Crippen molar-refractivity contribution in [1.29, 1.82) is 0 Å². The number of aromatic nitrogens is 1. The minimum absolute atomic E-state index is 0.0793. The lowest BCUT2D eigenvalue weighted by Crippen LogP contribution is -2.34. The zero-order chi connectivity index (χ0) is 17.3. The van der Waals surface area contributed by atoms with Crippen molar-refractivity contribution in [2.24, 2.45) is 5.92 Å². The fraction of sp³-hybridized carbons (Fsp3) is 0.474.